The van der Waals surface area contributed by atoms with Gasteiger partial charge in [-0.05, 0) is 72.8 Å². The number of ether oxygens (including phenoxy) is 6. The highest BCUT2D eigenvalue weighted by atomic mass is 16.7. The Morgan fingerprint density at radius 1 is 0.929 bits per heavy atom. The second-order valence-corrected chi connectivity index (χ2v) is 18.1. The number of rotatable bonds is 10. The van der Waals surface area contributed by atoms with Crippen LogP contribution in [0.2, 0.25) is 0 Å². The van der Waals surface area contributed by atoms with Crippen LogP contribution in [0.5, 0.6) is 0 Å². The molecular formula is C37H65N5O14. The smallest absolute Gasteiger partial charge is 0.410 e. The van der Waals surface area contributed by atoms with E-state index in [0.717, 1.165) is 4.90 Å². The lowest BCUT2D eigenvalue weighted by Gasteiger charge is -2.52. The maximum Gasteiger partial charge on any atom is 0.410 e. The number of nitrogens with one attached hydrogen (secondary N) is 3. The Morgan fingerprint density at radius 3 is 2.09 bits per heavy atom. The highest BCUT2D eigenvalue weighted by Gasteiger charge is 2.56. The number of hydrogen-bond acceptors (Lipinski definition) is 15. The van der Waals surface area contributed by atoms with E-state index in [0.29, 0.717) is 5.76 Å². The van der Waals surface area contributed by atoms with Gasteiger partial charge in [-0.2, -0.15) is 0 Å². The van der Waals surface area contributed by atoms with E-state index >= 15 is 0 Å². The zero-order chi connectivity index (χ0) is 42.6. The van der Waals surface area contributed by atoms with Gasteiger partial charge >= 0.3 is 18.3 Å². The van der Waals surface area contributed by atoms with E-state index in [-0.39, 0.29) is 31.4 Å². The SMILES string of the molecule is CN(C(=O)OC(C)(C)C)[C@@H]1[C@@H](O)[C@@H](O[C@H]2[C@H](NC(=O)CO)C[C@H](NC(=O)OC(C)(C)C)C([C@H]3OC(CN)=CC[C@H]3NC(=O)OCC(C)(C)C)[C@@H]2O)OC[C@]1(C)O. The van der Waals surface area contributed by atoms with E-state index in [1.165, 1.54) is 14.0 Å². The fourth-order valence-corrected chi connectivity index (χ4v) is 6.98. The van der Waals surface area contributed by atoms with E-state index in [2.05, 4.69) is 16.0 Å². The van der Waals surface area contributed by atoms with Crippen molar-refractivity contribution in [3.8, 4) is 0 Å². The van der Waals surface area contributed by atoms with Crippen LogP contribution in [0.25, 0.3) is 0 Å². The number of hydrogen-bond donors (Lipinski definition) is 8. The molecule has 11 atom stereocenters. The zero-order valence-corrected chi connectivity index (χ0v) is 34.5. The lowest BCUT2D eigenvalue weighted by atomic mass is 9.72. The van der Waals surface area contributed by atoms with Crippen LogP contribution in [0.15, 0.2) is 11.8 Å². The predicted molar refractivity (Wildman–Crippen MR) is 200 cm³/mol. The van der Waals surface area contributed by atoms with E-state index in [9.17, 15) is 39.6 Å². The van der Waals surface area contributed by atoms with Crippen molar-refractivity contribution in [2.75, 3.05) is 33.4 Å². The van der Waals surface area contributed by atoms with Crippen LogP contribution in [0, 0.1) is 11.3 Å². The Hall–Kier alpha value is -3.46. The van der Waals surface area contributed by atoms with E-state index in [4.69, 9.17) is 34.2 Å². The average Bonchev–Trinajstić information content (AvgIpc) is 3.04. The number of alkyl carbamates (subject to hydrolysis) is 2. The molecule has 19 nitrogen and oxygen atoms in total. The Bertz CT molecular complexity index is 1410. The van der Waals surface area contributed by atoms with Gasteiger partial charge in [0.25, 0.3) is 0 Å². The van der Waals surface area contributed by atoms with Gasteiger partial charge < -0.3 is 75.4 Å². The summed E-state index contributed by atoms with van der Waals surface area (Å²) in [6.45, 7) is 15.7. The number of carbonyl (C=O) groups is 4. The van der Waals surface area contributed by atoms with E-state index in [1.54, 1.807) is 47.6 Å². The molecule has 3 aliphatic rings. The van der Waals surface area contributed by atoms with E-state index in [1.807, 2.05) is 20.8 Å². The van der Waals surface area contributed by atoms with Gasteiger partial charge in [0.1, 0.15) is 47.5 Å². The molecule has 0 aromatic rings. The number of nitrogens with two attached hydrogens (primary N) is 1. The summed E-state index contributed by atoms with van der Waals surface area (Å²) >= 11 is 0. The topological polar surface area (TPSA) is 270 Å². The highest BCUT2D eigenvalue weighted by molar-refractivity contribution is 5.77. The summed E-state index contributed by atoms with van der Waals surface area (Å²) in [4.78, 5) is 53.2. The van der Waals surface area contributed by atoms with E-state index < -0.39 is 115 Å². The first-order valence-corrected chi connectivity index (χ1v) is 18.9. The molecule has 0 aromatic carbocycles. The van der Waals surface area contributed by atoms with Gasteiger partial charge in [0, 0.05) is 19.0 Å². The van der Waals surface area contributed by atoms with Crippen LogP contribution < -0.4 is 21.7 Å². The molecule has 1 aliphatic carbocycles. The van der Waals surface area contributed by atoms with Gasteiger partial charge in [-0.25, -0.2) is 14.4 Å². The fraction of sp³-hybridized carbons (Fsp3) is 0.838. The number of amides is 4. The number of nitrogens with zero attached hydrogens (tertiary/aromatic N) is 1. The molecule has 0 aromatic heterocycles. The number of likely N-dealkylation sites (N-methyl/N-ethyl adjacent to an activating group) is 1. The summed E-state index contributed by atoms with van der Waals surface area (Å²) < 4.78 is 34.9. The molecule has 1 unspecified atom stereocenters. The Labute approximate surface area is 328 Å². The van der Waals surface area contributed by atoms with Crippen molar-refractivity contribution in [2.45, 2.75) is 154 Å². The molecule has 2 aliphatic heterocycles. The molecule has 9 N–H and O–H groups in total. The highest BCUT2D eigenvalue weighted by Crippen LogP contribution is 2.38. The molecule has 322 valence electrons. The lowest BCUT2D eigenvalue weighted by Crippen LogP contribution is -2.71. The van der Waals surface area contributed by atoms with Crippen molar-refractivity contribution in [1.82, 2.24) is 20.9 Å². The monoisotopic (exact) mass is 803 g/mol. The lowest BCUT2D eigenvalue weighted by molar-refractivity contribution is -0.305. The van der Waals surface area contributed by atoms with Crippen LogP contribution in [0.3, 0.4) is 0 Å². The van der Waals surface area contributed by atoms with Gasteiger partial charge in [-0.3, -0.25) is 4.79 Å². The molecule has 0 radical (unpaired) electrons. The molecule has 56 heavy (non-hydrogen) atoms. The van der Waals surface area contributed by atoms with Gasteiger partial charge in [-0.15, -0.1) is 0 Å². The van der Waals surface area contributed by atoms with Crippen LogP contribution >= 0.6 is 0 Å². The molecule has 2 heterocycles. The third-order valence-corrected chi connectivity index (χ3v) is 9.27. The Balaban J connectivity index is 2.08. The molecule has 19 heteroatoms. The van der Waals surface area contributed by atoms with Gasteiger partial charge in [0.2, 0.25) is 5.91 Å². The quantitative estimate of drug-likeness (QED) is 0.141. The molecule has 4 amide bonds. The molecular weight excluding hydrogens is 738 g/mol. The largest absolute Gasteiger partial charge is 0.491 e. The Kier molecular flexibility index (Phi) is 15.4. The van der Waals surface area contributed by atoms with Crippen LogP contribution in [-0.2, 0) is 33.2 Å². The minimum Gasteiger partial charge on any atom is -0.491 e. The first kappa shape index (κ1) is 46.9. The third-order valence-electron chi connectivity index (χ3n) is 9.27. The first-order chi connectivity index (χ1) is 25.7. The van der Waals surface area contributed by atoms with Crippen molar-refractivity contribution in [1.29, 1.82) is 0 Å². The van der Waals surface area contributed by atoms with Crippen LogP contribution in [-0.4, -0.2) is 155 Å². The van der Waals surface area contributed by atoms with Crippen molar-refractivity contribution in [2.24, 2.45) is 17.1 Å². The zero-order valence-electron chi connectivity index (χ0n) is 34.5. The third kappa shape index (κ3) is 13.0. The number of aliphatic hydroxyl groups excluding tert-OH is 3. The number of carbonyl (C=O) groups excluding carboxylic acids is 4. The maximum atomic E-state index is 13.3. The van der Waals surface area contributed by atoms with Crippen LogP contribution in [0.4, 0.5) is 14.4 Å². The number of aliphatic hydroxyl groups is 4. The van der Waals surface area contributed by atoms with Crippen molar-refractivity contribution < 1.29 is 68.0 Å². The maximum absolute atomic E-state index is 13.3. The predicted octanol–water partition coefficient (Wildman–Crippen LogP) is 0.599. The average molecular weight is 804 g/mol. The molecule has 0 spiro atoms. The second-order valence-electron chi connectivity index (χ2n) is 18.1. The summed E-state index contributed by atoms with van der Waals surface area (Å²) in [5.41, 5.74) is 2.02. The molecule has 2 fully saturated rings. The fourth-order valence-electron chi connectivity index (χ4n) is 6.98. The summed E-state index contributed by atoms with van der Waals surface area (Å²) in [5.74, 6) is -1.64. The minimum absolute atomic E-state index is 0.0334. The van der Waals surface area contributed by atoms with Gasteiger partial charge in [0.05, 0.1) is 44.0 Å². The summed E-state index contributed by atoms with van der Waals surface area (Å²) in [6.07, 6.45) is -8.29. The van der Waals surface area contributed by atoms with Crippen LogP contribution in [0.1, 0.15) is 82.1 Å². The summed E-state index contributed by atoms with van der Waals surface area (Å²) in [7, 11) is 1.34. The normalized spacial score (nSPS) is 32.5. The van der Waals surface area contributed by atoms with Gasteiger partial charge in [0.15, 0.2) is 6.29 Å². The van der Waals surface area contributed by atoms with Crippen molar-refractivity contribution >= 4 is 24.2 Å². The molecule has 3 rings (SSSR count). The molecule has 0 bridgehead atoms. The molecule has 1 saturated carbocycles. The standard InChI is InChI=1S/C37H65N5O14/c1-34(2,3)17-52-31(47)40-20-13-12-19(15-38)53-27(20)24-21(41-32(48)55-35(4,5)6)14-22(39-23(44)16-43)28(25(24)45)54-30-26(46)29(37(10,50)18-51-30)42(11)33(49)56-36(7,8)9/h12,20-22,24-30,43,45-46,50H,13-18,38H2,1-11H3,(H,39,44)(H,40,47)(H,41,48)/t20-,21+,22-,24?,25+,26-,27+,28+,29-,30-,37+/m1/s1. The Morgan fingerprint density at radius 2 is 1.54 bits per heavy atom. The summed E-state index contributed by atoms with van der Waals surface area (Å²) in [6, 6.07) is -4.38. The van der Waals surface area contributed by atoms with Gasteiger partial charge in [-0.1, -0.05) is 20.8 Å². The van der Waals surface area contributed by atoms with Crippen molar-refractivity contribution in [3.63, 3.8) is 0 Å². The van der Waals surface area contributed by atoms with Crippen molar-refractivity contribution in [3.05, 3.63) is 11.8 Å². The second kappa shape index (κ2) is 18.4. The first-order valence-electron chi connectivity index (χ1n) is 18.9. The molecule has 1 saturated heterocycles. The summed E-state index contributed by atoms with van der Waals surface area (Å²) in [5, 5.41) is 53.3. The minimum atomic E-state index is -1.80.